The van der Waals surface area contributed by atoms with E-state index in [1.165, 1.54) is 0 Å². The predicted octanol–water partition coefficient (Wildman–Crippen LogP) is 2.62. The molecule has 6 heteroatoms. The quantitative estimate of drug-likeness (QED) is 0.790. The van der Waals surface area contributed by atoms with E-state index in [9.17, 15) is 4.79 Å². The Labute approximate surface area is 136 Å². The standard InChI is InChI=1S/C17H22N4O2/c1-11(2)23-17(22)13(4)21(5)15-9-12(3)19-16(20-15)14-7-6-8-18-10-14/h6-11,13H,1-5H3. The van der Waals surface area contributed by atoms with Crippen molar-refractivity contribution >= 4 is 11.8 Å². The van der Waals surface area contributed by atoms with Crippen LogP contribution in [0.25, 0.3) is 11.4 Å². The van der Waals surface area contributed by atoms with E-state index in [1.807, 2.05) is 46.0 Å². The van der Waals surface area contributed by atoms with Gasteiger partial charge in [-0.1, -0.05) is 0 Å². The van der Waals surface area contributed by atoms with Crippen LogP contribution in [0.15, 0.2) is 30.6 Å². The van der Waals surface area contributed by atoms with E-state index in [1.54, 1.807) is 24.2 Å². The predicted molar refractivity (Wildman–Crippen MR) is 89.1 cm³/mol. The molecule has 122 valence electrons. The molecule has 0 aliphatic rings. The van der Waals surface area contributed by atoms with E-state index < -0.39 is 6.04 Å². The van der Waals surface area contributed by atoms with Crippen molar-refractivity contribution in [2.24, 2.45) is 0 Å². The lowest BCUT2D eigenvalue weighted by molar-refractivity contribution is -0.148. The zero-order valence-corrected chi connectivity index (χ0v) is 14.1. The van der Waals surface area contributed by atoms with Gasteiger partial charge in [-0.05, 0) is 39.8 Å². The first kappa shape index (κ1) is 16.9. The molecule has 1 atom stereocenters. The van der Waals surface area contributed by atoms with E-state index in [-0.39, 0.29) is 12.1 Å². The molecule has 2 heterocycles. The number of carbonyl (C=O) groups is 1. The van der Waals surface area contributed by atoms with E-state index in [4.69, 9.17) is 4.74 Å². The van der Waals surface area contributed by atoms with Crippen LogP contribution in [0.2, 0.25) is 0 Å². The minimum Gasteiger partial charge on any atom is -0.461 e. The third kappa shape index (κ3) is 4.25. The Morgan fingerprint density at radius 2 is 2.00 bits per heavy atom. The summed E-state index contributed by atoms with van der Waals surface area (Å²) in [6, 6.07) is 5.15. The van der Waals surface area contributed by atoms with Crippen molar-refractivity contribution in [2.45, 2.75) is 39.8 Å². The maximum absolute atomic E-state index is 12.1. The largest absolute Gasteiger partial charge is 0.461 e. The van der Waals surface area contributed by atoms with Gasteiger partial charge < -0.3 is 9.64 Å². The summed E-state index contributed by atoms with van der Waals surface area (Å²) >= 11 is 0. The van der Waals surface area contributed by atoms with Crippen LogP contribution < -0.4 is 4.90 Å². The van der Waals surface area contributed by atoms with Gasteiger partial charge in [0.1, 0.15) is 11.9 Å². The van der Waals surface area contributed by atoms with Crippen molar-refractivity contribution in [2.75, 3.05) is 11.9 Å². The minimum absolute atomic E-state index is 0.142. The lowest BCUT2D eigenvalue weighted by Crippen LogP contribution is -2.38. The molecule has 0 bridgehead atoms. The van der Waals surface area contributed by atoms with Crippen molar-refractivity contribution in [3.8, 4) is 11.4 Å². The summed E-state index contributed by atoms with van der Waals surface area (Å²) in [4.78, 5) is 27.0. The zero-order chi connectivity index (χ0) is 17.0. The van der Waals surface area contributed by atoms with Crippen molar-refractivity contribution < 1.29 is 9.53 Å². The molecule has 0 amide bonds. The number of anilines is 1. The summed E-state index contributed by atoms with van der Waals surface area (Å²) < 4.78 is 5.27. The fourth-order valence-corrected chi connectivity index (χ4v) is 2.04. The molecule has 2 aromatic rings. The van der Waals surface area contributed by atoms with Crippen molar-refractivity contribution in [3.05, 3.63) is 36.3 Å². The highest BCUT2D eigenvalue weighted by Crippen LogP contribution is 2.20. The van der Waals surface area contributed by atoms with Crippen LogP contribution >= 0.6 is 0 Å². The van der Waals surface area contributed by atoms with Crippen LogP contribution in [0, 0.1) is 6.92 Å². The SMILES string of the molecule is Cc1cc(N(C)C(C)C(=O)OC(C)C)nc(-c2cccnc2)n1. The summed E-state index contributed by atoms with van der Waals surface area (Å²) in [5.41, 5.74) is 1.66. The summed E-state index contributed by atoms with van der Waals surface area (Å²) in [5.74, 6) is 0.982. The molecule has 23 heavy (non-hydrogen) atoms. The van der Waals surface area contributed by atoms with Crippen LogP contribution in [-0.2, 0) is 9.53 Å². The number of hydrogen-bond donors (Lipinski definition) is 0. The Morgan fingerprint density at radius 3 is 2.61 bits per heavy atom. The summed E-state index contributed by atoms with van der Waals surface area (Å²) in [7, 11) is 1.82. The molecule has 0 saturated heterocycles. The number of pyridine rings is 1. The monoisotopic (exact) mass is 314 g/mol. The van der Waals surface area contributed by atoms with Gasteiger partial charge in [-0.15, -0.1) is 0 Å². The number of rotatable bonds is 5. The molecular weight excluding hydrogens is 292 g/mol. The first-order valence-electron chi connectivity index (χ1n) is 7.58. The van der Waals surface area contributed by atoms with Crippen molar-refractivity contribution in [1.29, 1.82) is 0 Å². The molecule has 2 aromatic heterocycles. The lowest BCUT2D eigenvalue weighted by Gasteiger charge is -2.25. The molecule has 0 saturated carbocycles. The van der Waals surface area contributed by atoms with E-state index >= 15 is 0 Å². The summed E-state index contributed by atoms with van der Waals surface area (Å²) in [5, 5.41) is 0. The average molecular weight is 314 g/mol. The van der Waals surface area contributed by atoms with Crippen LogP contribution in [0.1, 0.15) is 26.5 Å². The fourth-order valence-electron chi connectivity index (χ4n) is 2.04. The molecule has 0 aromatic carbocycles. The number of aromatic nitrogens is 3. The van der Waals surface area contributed by atoms with Gasteiger partial charge in [0.2, 0.25) is 0 Å². The number of aryl methyl sites for hydroxylation is 1. The highest BCUT2D eigenvalue weighted by molar-refractivity contribution is 5.79. The Hall–Kier alpha value is -2.50. The highest BCUT2D eigenvalue weighted by atomic mass is 16.5. The van der Waals surface area contributed by atoms with Crippen LogP contribution in [0.5, 0.6) is 0 Å². The maximum Gasteiger partial charge on any atom is 0.328 e. The van der Waals surface area contributed by atoms with Crippen LogP contribution in [-0.4, -0.2) is 40.1 Å². The topological polar surface area (TPSA) is 68.2 Å². The molecule has 0 aliphatic carbocycles. The average Bonchev–Trinajstić information content (AvgIpc) is 2.53. The molecule has 0 fully saturated rings. The number of nitrogens with zero attached hydrogens (tertiary/aromatic N) is 4. The van der Waals surface area contributed by atoms with E-state index in [0.717, 1.165) is 11.3 Å². The van der Waals surface area contributed by atoms with Gasteiger partial charge in [-0.25, -0.2) is 14.8 Å². The Kier molecular flexibility index (Phi) is 5.26. The van der Waals surface area contributed by atoms with E-state index in [0.29, 0.717) is 11.6 Å². The number of carbonyl (C=O) groups excluding carboxylic acids is 1. The molecule has 1 unspecified atom stereocenters. The Morgan fingerprint density at radius 1 is 1.26 bits per heavy atom. The van der Waals surface area contributed by atoms with Crippen LogP contribution in [0.4, 0.5) is 5.82 Å². The highest BCUT2D eigenvalue weighted by Gasteiger charge is 2.22. The smallest absolute Gasteiger partial charge is 0.328 e. The molecular formula is C17H22N4O2. The first-order chi connectivity index (χ1) is 10.9. The Balaban J connectivity index is 2.29. The number of hydrogen-bond acceptors (Lipinski definition) is 6. The van der Waals surface area contributed by atoms with Gasteiger partial charge in [0.25, 0.3) is 0 Å². The third-order valence-corrected chi connectivity index (χ3v) is 3.40. The second-order valence-corrected chi connectivity index (χ2v) is 5.71. The minimum atomic E-state index is -0.437. The molecule has 0 aliphatic heterocycles. The number of likely N-dealkylation sites (N-methyl/N-ethyl adjacent to an activating group) is 1. The lowest BCUT2D eigenvalue weighted by atomic mass is 10.2. The van der Waals surface area contributed by atoms with Gasteiger partial charge in [-0.3, -0.25) is 4.98 Å². The van der Waals surface area contributed by atoms with Crippen LogP contribution in [0.3, 0.4) is 0 Å². The van der Waals surface area contributed by atoms with Gasteiger partial charge in [0.05, 0.1) is 6.10 Å². The second-order valence-electron chi connectivity index (χ2n) is 5.71. The number of esters is 1. The molecule has 0 spiro atoms. The van der Waals surface area contributed by atoms with Gasteiger partial charge in [0, 0.05) is 36.8 Å². The summed E-state index contributed by atoms with van der Waals surface area (Å²) in [6.07, 6.45) is 3.28. The first-order valence-corrected chi connectivity index (χ1v) is 7.58. The van der Waals surface area contributed by atoms with Gasteiger partial charge in [0.15, 0.2) is 5.82 Å². The van der Waals surface area contributed by atoms with E-state index in [2.05, 4.69) is 15.0 Å². The third-order valence-electron chi connectivity index (χ3n) is 3.40. The molecule has 0 radical (unpaired) electrons. The molecule has 6 nitrogen and oxygen atoms in total. The fraction of sp³-hybridized carbons (Fsp3) is 0.412. The molecule has 2 rings (SSSR count). The van der Waals surface area contributed by atoms with Gasteiger partial charge >= 0.3 is 5.97 Å². The second kappa shape index (κ2) is 7.17. The Bertz CT molecular complexity index is 674. The summed E-state index contributed by atoms with van der Waals surface area (Å²) in [6.45, 7) is 7.36. The molecule has 0 N–H and O–H groups in total. The van der Waals surface area contributed by atoms with Gasteiger partial charge in [-0.2, -0.15) is 0 Å². The van der Waals surface area contributed by atoms with Crippen molar-refractivity contribution in [1.82, 2.24) is 15.0 Å². The normalized spacial score (nSPS) is 12.1. The number of ether oxygens (including phenoxy) is 1. The van der Waals surface area contributed by atoms with Crippen molar-refractivity contribution in [3.63, 3.8) is 0 Å². The maximum atomic E-state index is 12.1. The zero-order valence-electron chi connectivity index (χ0n) is 14.1.